The van der Waals surface area contributed by atoms with E-state index in [9.17, 15) is 20.1 Å². The summed E-state index contributed by atoms with van der Waals surface area (Å²) in [6.45, 7) is -0.490. The van der Waals surface area contributed by atoms with E-state index >= 15 is 0 Å². The van der Waals surface area contributed by atoms with Crippen molar-refractivity contribution in [1.82, 2.24) is 14.4 Å². The average Bonchev–Trinajstić information content (AvgIpc) is 3.57. The molecule has 2 aromatic heterocycles. The van der Waals surface area contributed by atoms with Gasteiger partial charge in [-0.1, -0.05) is 54.2 Å². The Morgan fingerprint density at radius 1 is 1.11 bits per heavy atom. The van der Waals surface area contributed by atoms with Crippen molar-refractivity contribution in [3.8, 4) is 0 Å². The fourth-order valence-electron chi connectivity index (χ4n) is 4.77. The number of nitrogens with one attached hydrogen (secondary N) is 2. The van der Waals surface area contributed by atoms with Gasteiger partial charge in [0.15, 0.2) is 11.2 Å². The average molecular weight is 509 g/mol. The number of anilines is 3. The number of hydrogen-bond donors (Lipinski definition) is 6. The fraction of sp³-hybridized carbons (Fsp3) is 0.250. The first-order valence-corrected chi connectivity index (χ1v) is 12.1. The van der Waals surface area contributed by atoms with Crippen molar-refractivity contribution in [2.45, 2.75) is 34.4 Å². The molecule has 7 N–H and O–H groups in total. The lowest BCUT2D eigenvalue weighted by Crippen LogP contribution is -2.55. The number of imidazole rings is 1. The number of rotatable bonds is 5. The molecule has 12 heteroatoms. The number of nitrogens with two attached hydrogens (primary N) is 1. The first-order valence-electron chi connectivity index (χ1n) is 11.3. The van der Waals surface area contributed by atoms with E-state index in [4.69, 9.17) is 10.5 Å². The zero-order chi connectivity index (χ0) is 25.0. The van der Waals surface area contributed by atoms with Crippen LogP contribution >= 0.6 is 11.8 Å². The molecule has 2 aliphatic heterocycles. The highest BCUT2D eigenvalue weighted by atomic mass is 32.2. The number of aromatic amines is 1. The van der Waals surface area contributed by atoms with E-state index in [0.717, 1.165) is 10.5 Å². The lowest BCUT2D eigenvalue weighted by Gasteiger charge is -2.43. The summed E-state index contributed by atoms with van der Waals surface area (Å²) in [5.41, 5.74) is 7.45. The van der Waals surface area contributed by atoms with E-state index in [1.807, 2.05) is 48.5 Å². The minimum absolute atomic E-state index is 0.226. The maximum absolute atomic E-state index is 13.5. The number of fused-ring (bicyclic) bond motifs is 2. The van der Waals surface area contributed by atoms with Crippen LogP contribution in [0.3, 0.4) is 0 Å². The number of para-hydroxylation sites is 1. The van der Waals surface area contributed by atoms with Crippen LogP contribution in [0.4, 0.5) is 17.2 Å². The first-order chi connectivity index (χ1) is 17.4. The summed E-state index contributed by atoms with van der Waals surface area (Å²) in [5, 5.41) is 34.8. The fourth-order valence-corrected chi connectivity index (χ4v) is 6.12. The van der Waals surface area contributed by atoms with Crippen molar-refractivity contribution in [1.29, 1.82) is 0 Å². The van der Waals surface area contributed by atoms with E-state index in [-0.39, 0.29) is 11.2 Å². The van der Waals surface area contributed by atoms with Crippen LogP contribution in [0.5, 0.6) is 0 Å². The lowest BCUT2D eigenvalue weighted by molar-refractivity contribution is -0.0248. The third-order valence-electron chi connectivity index (χ3n) is 6.53. The van der Waals surface area contributed by atoms with Crippen LogP contribution < -0.4 is 21.5 Å². The predicted octanol–water partition coefficient (Wildman–Crippen LogP) is 0.878. The summed E-state index contributed by atoms with van der Waals surface area (Å²) in [4.78, 5) is 22.1. The molecule has 2 aliphatic rings. The number of aliphatic hydroxyl groups is 3. The van der Waals surface area contributed by atoms with Gasteiger partial charge in [-0.3, -0.25) is 14.1 Å². The van der Waals surface area contributed by atoms with Crippen LogP contribution in [0, 0.1) is 0 Å². The molecule has 1 fully saturated rings. The molecule has 4 heterocycles. The van der Waals surface area contributed by atoms with Gasteiger partial charge in [-0.2, -0.15) is 0 Å². The van der Waals surface area contributed by atoms with Crippen molar-refractivity contribution < 1.29 is 20.1 Å². The van der Waals surface area contributed by atoms with Gasteiger partial charge in [0.25, 0.3) is 5.56 Å². The Balaban J connectivity index is 1.62. The maximum Gasteiger partial charge on any atom is 0.284 e. The third kappa shape index (κ3) is 3.30. The quantitative estimate of drug-likeness (QED) is 0.214. The number of nitrogens with zero attached hydrogens (tertiary/aromatic N) is 3. The van der Waals surface area contributed by atoms with Gasteiger partial charge < -0.3 is 36.1 Å². The predicted molar refractivity (Wildman–Crippen MR) is 135 cm³/mol. The number of benzene rings is 2. The van der Waals surface area contributed by atoms with Crippen LogP contribution in [-0.2, 0) is 9.73 Å². The van der Waals surface area contributed by atoms with Crippen molar-refractivity contribution >= 4 is 34.7 Å². The number of aliphatic hydroxyl groups excluding tert-OH is 3. The zero-order valence-corrected chi connectivity index (χ0v) is 19.7. The van der Waals surface area contributed by atoms with Crippen LogP contribution in [0.1, 0.15) is 5.56 Å². The highest BCUT2D eigenvalue weighted by Crippen LogP contribution is 2.54. The summed E-state index contributed by atoms with van der Waals surface area (Å²) in [6, 6.07) is 16.7. The van der Waals surface area contributed by atoms with Crippen molar-refractivity contribution in [2.75, 3.05) is 22.6 Å². The molecule has 0 amide bonds. The molecular weight excluding hydrogens is 484 g/mol. The number of H-pyrrole nitrogens is 1. The molecule has 11 nitrogen and oxygen atoms in total. The van der Waals surface area contributed by atoms with Crippen LogP contribution in [0.25, 0.3) is 5.78 Å². The molecule has 36 heavy (non-hydrogen) atoms. The van der Waals surface area contributed by atoms with E-state index in [2.05, 4.69) is 15.3 Å². The number of hydrogen-bond acceptors (Lipinski definition) is 10. The molecule has 0 radical (unpaired) electrons. The van der Waals surface area contributed by atoms with Crippen LogP contribution in [0.2, 0.25) is 0 Å². The van der Waals surface area contributed by atoms with Gasteiger partial charge in [-0.05, 0) is 12.1 Å². The van der Waals surface area contributed by atoms with Gasteiger partial charge in [0, 0.05) is 28.5 Å². The summed E-state index contributed by atoms with van der Waals surface area (Å²) in [5.74, 6) is 0.616. The molecule has 0 saturated carbocycles. The van der Waals surface area contributed by atoms with E-state index < -0.39 is 36.1 Å². The third-order valence-corrected chi connectivity index (χ3v) is 7.95. The van der Waals surface area contributed by atoms with E-state index in [0.29, 0.717) is 17.3 Å². The van der Waals surface area contributed by atoms with Crippen LogP contribution in [0.15, 0.2) is 76.7 Å². The maximum atomic E-state index is 13.5. The molecule has 1 saturated heterocycles. The molecule has 0 aliphatic carbocycles. The molecule has 186 valence electrons. The molecular formula is C24H24N6O5S. The molecule has 6 rings (SSSR count). The van der Waals surface area contributed by atoms with E-state index in [1.54, 1.807) is 17.2 Å². The molecule has 0 spiro atoms. The Labute approximate surface area is 209 Å². The normalized spacial score (nSPS) is 27.4. The molecule has 2 aromatic carbocycles. The SMILES string of the molecule is Nc1ccccc1SC1(c2ccccc2)Nc2c([nH]c3nccn3c2=O)N1[C@@H]1O[C@H](CO)[C@@H](O)[C@H]1O. The Hall–Kier alpha value is -3.55. The summed E-state index contributed by atoms with van der Waals surface area (Å²) in [6.07, 6.45) is -1.84. The number of aromatic nitrogens is 3. The zero-order valence-electron chi connectivity index (χ0n) is 18.9. The Morgan fingerprint density at radius 3 is 2.58 bits per heavy atom. The second-order valence-electron chi connectivity index (χ2n) is 8.65. The first kappa shape index (κ1) is 22.9. The Kier molecular flexibility index (Phi) is 5.43. The number of nitrogen functional groups attached to an aromatic ring is 1. The van der Waals surface area contributed by atoms with Gasteiger partial charge in [-0.15, -0.1) is 0 Å². The van der Waals surface area contributed by atoms with Crippen molar-refractivity contribution in [2.24, 2.45) is 0 Å². The number of ether oxygens (including phenoxy) is 1. The Bertz CT molecular complexity index is 1480. The van der Waals surface area contributed by atoms with Gasteiger partial charge in [-0.25, -0.2) is 4.98 Å². The van der Waals surface area contributed by atoms with E-state index in [1.165, 1.54) is 22.4 Å². The molecule has 0 bridgehead atoms. The van der Waals surface area contributed by atoms with Gasteiger partial charge >= 0.3 is 0 Å². The smallest absolute Gasteiger partial charge is 0.284 e. The second kappa shape index (κ2) is 8.54. The second-order valence-corrected chi connectivity index (χ2v) is 9.88. The standard InChI is InChI=1S/C24H24N6O5S/c25-14-8-4-5-9-16(14)36-24(13-6-2-1-3-7-13)28-17-20(27-23-26-10-11-29(23)21(17)34)30(24)22-19(33)18(32)15(12-31)35-22/h1-11,15,18-19,22,28,31-33H,12,25H2,(H,26,27)/t15-,18-,19-,22-,24?/m1/s1. The Morgan fingerprint density at radius 2 is 1.86 bits per heavy atom. The van der Waals surface area contributed by atoms with Gasteiger partial charge in [0.2, 0.25) is 5.78 Å². The van der Waals surface area contributed by atoms with Gasteiger partial charge in [0.1, 0.15) is 29.8 Å². The van der Waals surface area contributed by atoms with Crippen LogP contribution in [-0.4, -0.2) is 60.8 Å². The monoisotopic (exact) mass is 508 g/mol. The van der Waals surface area contributed by atoms with Crippen molar-refractivity contribution in [3.05, 3.63) is 82.9 Å². The lowest BCUT2D eigenvalue weighted by atomic mass is 10.1. The highest BCUT2D eigenvalue weighted by Gasteiger charge is 2.57. The summed E-state index contributed by atoms with van der Waals surface area (Å²) < 4.78 is 7.38. The summed E-state index contributed by atoms with van der Waals surface area (Å²) >= 11 is 1.33. The topological polar surface area (TPSA) is 161 Å². The minimum atomic E-state index is -1.40. The van der Waals surface area contributed by atoms with Crippen molar-refractivity contribution in [3.63, 3.8) is 0 Å². The van der Waals surface area contributed by atoms with Gasteiger partial charge in [0.05, 0.1) is 6.61 Å². The minimum Gasteiger partial charge on any atom is -0.398 e. The molecule has 4 aromatic rings. The number of thioether (sulfide) groups is 1. The molecule has 1 unspecified atom stereocenters. The highest BCUT2D eigenvalue weighted by molar-refractivity contribution is 8.00. The summed E-state index contributed by atoms with van der Waals surface area (Å²) in [7, 11) is 0. The molecule has 5 atom stereocenters. The largest absolute Gasteiger partial charge is 0.398 e.